The highest BCUT2D eigenvalue weighted by atomic mass is 16.2. The molecular formula is C13H26N2O. The number of rotatable bonds is 7. The maximum atomic E-state index is 12.0. The lowest BCUT2D eigenvalue weighted by Crippen LogP contribution is -2.35. The standard InChI is InChI=1S/C13H26N2O/c1-4-6-7-8-9-15-10-14-12(13(15)16)11(3)5-2/h11-12,14H,4-10H2,1-3H3. The average Bonchev–Trinajstić information content (AvgIpc) is 2.65. The summed E-state index contributed by atoms with van der Waals surface area (Å²) >= 11 is 0. The summed E-state index contributed by atoms with van der Waals surface area (Å²) in [6.07, 6.45) is 5.99. The zero-order valence-electron chi connectivity index (χ0n) is 11.0. The summed E-state index contributed by atoms with van der Waals surface area (Å²) in [7, 11) is 0. The molecule has 1 rings (SSSR count). The predicted molar refractivity (Wildman–Crippen MR) is 67.1 cm³/mol. The quantitative estimate of drug-likeness (QED) is 0.676. The van der Waals surface area contributed by atoms with E-state index in [2.05, 4.69) is 26.1 Å². The van der Waals surface area contributed by atoms with Crippen molar-refractivity contribution in [3.63, 3.8) is 0 Å². The third-order valence-corrected chi connectivity index (χ3v) is 3.57. The number of hydrogen-bond donors (Lipinski definition) is 1. The molecule has 2 unspecified atom stereocenters. The SMILES string of the molecule is CCCCCCN1CNC(C(C)CC)C1=O. The highest BCUT2D eigenvalue weighted by molar-refractivity contribution is 5.84. The number of hydrogen-bond acceptors (Lipinski definition) is 2. The van der Waals surface area contributed by atoms with Gasteiger partial charge in [-0.1, -0.05) is 46.5 Å². The molecule has 0 aromatic heterocycles. The van der Waals surface area contributed by atoms with Gasteiger partial charge < -0.3 is 4.90 Å². The highest BCUT2D eigenvalue weighted by Crippen LogP contribution is 2.15. The van der Waals surface area contributed by atoms with Crippen molar-refractivity contribution >= 4 is 5.91 Å². The van der Waals surface area contributed by atoms with Gasteiger partial charge in [-0.25, -0.2) is 0 Å². The number of unbranched alkanes of at least 4 members (excludes halogenated alkanes) is 3. The molecule has 3 heteroatoms. The largest absolute Gasteiger partial charge is 0.329 e. The lowest BCUT2D eigenvalue weighted by molar-refractivity contribution is -0.129. The van der Waals surface area contributed by atoms with E-state index in [9.17, 15) is 4.79 Å². The minimum atomic E-state index is 0.0659. The van der Waals surface area contributed by atoms with Crippen LogP contribution < -0.4 is 5.32 Å². The van der Waals surface area contributed by atoms with Crippen molar-refractivity contribution in [2.45, 2.75) is 58.9 Å². The van der Waals surface area contributed by atoms with Gasteiger partial charge in [-0.15, -0.1) is 0 Å². The summed E-state index contributed by atoms with van der Waals surface area (Å²) in [4.78, 5) is 14.0. The molecule has 1 saturated heterocycles. The van der Waals surface area contributed by atoms with Crippen molar-refractivity contribution in [1.29, 1.82) is 0 Å². The van der Waals surface area contributed by atoms with E-state index in [1.807, 2.05) is 4.90 Å². The summed E-state index contributed by atoms with van der Waals surface area (Å²) in [5.41, 5.74) is 0. The van der Waals surface area contributed by atoms with Crippen LogP contribution in [0.3, 0.4) is 0 Å². The Morgan fingerprint density at radius 1 is 1.38 bits per heavy atom. The van der Waals surface area contributed by atoms with Gasteiger partial charge in [0.25, 0.3) is 0 Å². The summed E-state index contributed by atoms with van der Waals surface area (Å²) < 4.78 is 0. The normalized spacial score (nSPS) is 22.8. The number of carbonyl (C=O) groups excluding carboxylic acids is 1. The first-order valence-corrected chi connectivity index (χ1v) is 6.72. The van der Waals surface area contributed by atoms with Gasteiger partial charge in [-0.2, -0.15) is 0 Å². The first-order valence-electron chi connectivity index (χ1n) is 6.72. The third-order valence-electron chi connectivity index (χ3n) is 3.57. The number of amides is 1. The molecule has 0 aromatic carbocycles. The number of nitrogens with one attached hydrogen (secondary N) is 1. The third kappa shape index (κ3) is 3.48. The molecule has 2 atom stereocenters. The molecule has 0 aromatic rings. The smallest absolute Gasteiger partial charge is 0.241 e. The lowest BCUT2D eigenvalue weighted by atomic mass is 9.99. The average molecular weight is 226 g/mol. The van der Waals surface area contributed by atoms with E-state index in [1.165, 1.54) is 19.3 Å². The van der Waals surface area contributed by atoms with E-state index in [4.69, 9.17) is 0 Å². The second-order valence-electron chi connectivity index (χ2n) is 4.89. The molecule has 1 amide bonds. The Balaban J connectivity index is 2.28. The van der Waals surface area contributed by atoms with Crippen LogP contribution in [-0.4, -0.2) is 30.1 Å². The Bertz CT molecular complexity index is 218. The second-order valence-corrected chi connectivity index (χ2v) is 4.89. The highest BCUT2D eigenvalue weighted by Gasteiger charge is 2.33. The fourth-order valence-electron chi connectivity index (χ4n) is 2.17. The molecule has 0 radical (unpaired) electrons. The van der Waals surface area contributed by atoms with Crippen LogP contribution in [0.15, 0.2) is 0 Å². The van der Waals surface area contributed by atoms with E-state index in [-0.39, 0.29) is 6.04 Å². The van der Waals surface area contributed by atoms with E-state index in [0.29, 0.717) is 11.8 Å². The van der Waals surface area contributed by atoms with Crippen molar-refractivity contribution in [1.82, 2.24) is 10.2 Å². The minimum absolute atomic E-state index is 0.0659. The first kappa shape index (κ1) is 13.5. The molecule has 94 valence electrons. The molecular weight excluding hydrogens is 200 g/mol. The Hall–Kier alpha value is -0.570. The summed E-state index contributed by atoms with van der Waals surface area (Å²) in [6.45, 7) is 8.18. The summed E-state index contributed by atoms with van der Waals surface area (Å²) in [6, 6.07) is 0.0659. The van der Waals surface area contributed by atoms with E-state index in [0.717, 1.165) is 26.1 Å². The zero-order chi connectivity index (χ0) is 12.0. The van der Waals surface area contributed by atoms with Crippen molar-refractivity contribution in [3.8, 4) is 0 Å². The molecule has 1 heterocycles. The van der Waals surface area contributed by atoms with Crippen molar-refractivity contribution in [2.24, 2.45) is 5.92 Å². The van der Waals surface area contributed by atoms with Crippen molar-refractivity contribution < 1.29 is 4.79 Å². The first-order chi connectivity index (χ1) is 7.70. The zero-order valence-corrected chi connectivity index (χ0v) is 11.0. The van der Waals surface area contributed by atoms with Gasteiger partial charge in [0.2, 0.25) is 5.91 Å². The Morgan fingerprint density at radius 2 is 2.12 bits per heavy atom. The molecule has 1 fully saturated rings. The molecule has 3 nitrogen and oxygen atoms in total. The van der Waals surface area contributed by atoms with Crippen LogP contribution in [0, 0.1) is 5.92 Å². The molecule has 1 aliphatic rings. The Morgan fingerprint density at radius 3 is 2.75 bits per heavy atom. The van der Waals surface area contributed by atoms with Gasteiger partial charge in [0.15, 0.2) is 0 Å². The molecule has 0 saturated carbocycles. The van der Waals surface area contributed by atoms with Crippen molar-refractivity contribution in [2.75, 3.05) is 13.2 Å². The fourth-order valence-corrected chi connectivity index (χ4v) is 2.17. The molecule has 0 bridgehead atoms. The molecule has 1 aliphatic heterocycles. The van der Waals surface area contributed by atoms with Crippen molar-refractivity contribution in [3.05, 3.63) is 0 Å². The number of carbonyl (C=O) groups is 1. The maximum Gasteiger partial charge on any atom is 0.241 e. The van der Waals surface area contributed by atoms with Crippen LogP contribution in [0.25, 0.3) is 0 Å². The van der Waals surface area contributed by atoms with Crippen LogP contribution in [-0.2, 0) is 4.79 Å². The van der Waals surface area contributed by atoms with E-state index >= 15 is 0 Å². The summed E-state index contributed by atoms with van der Waals surface area (Å²) in [5, 5.41) is 3.32. The minimum Gasteiger partial charge on any atom is -0.329 e. The van der Waals surface area contributed by atoms with E-state index in [1.54, 1.807) is 0 Å². The monoisotopic (exact) mass is 226 g/mol. The van der Waals surface area contributed by atoms with Gasteiger partial charge in [0, 0.05) is 6.54 Å². The van der Waals surface area contributed by atoms with Crippen LogP contribution in [0.2, 0.25) is 0 Å². The fraction of sp³-hybridized carbons (Fsp3) is 0.923. The van der Waals surface area contributed by atoms with E-state index < -0.39 is 0 Å². The molecule has 0 aliphatic carbocycles. The lowest BCUT2D eigenvalue weighted by Gasteiger charge is -2.17. The van der Waals surface area contributed by atoms with Crippen LogP contribution in [0.5, 0.6) is 0 Å². The maximum absolute atomic E-state index is 12.0. The van der Waals surface area contributed by atoms with Crippen LogP contribution in [0.4, 0.5) is 0 Å². The molecule has 1 N–H and O–H groups in total. The van der Waals surface area contributed by atoms with Crippen LogP contribution >= 0.6 is 0 Å². The Labute approximate surface area is 99.6 Å². The number of nitrogens with zero attached hydrogens (tertiary/aromatic N) is 1. The Kier molecular flexibility index (Phi) is 5.81. The van der Waals surface area contributed by atoms with Gasteiger partial charge in [0.1, 0.15) is 0 Å². The summed E-state index contributed by atoms with van der Waals surface area (Å²) in [5.74, 6) is 0.763. The van der Waals surface area contributed by atoms with Gasteiger partial charge >= 0.3 is 0 Å². The second kappa shape index (κ2) is 6.89. The molecule has 16 heavy (non-hydrogen) atoms. The molecule has 0 spiro atoms. The predicted octanol–water partition coefficient (Wildman–Crippen LogP) is 2.37. The van der Waals surface area contributed by atoms with Gasteiger partial charge in [-0.3, -0.25) is 10.1 Å². The topological polar surface area (TPSA) is 32.3 Å². The van der Waals surface area contributed by atoms with Crippen LogP contribution in [0.1, 0.15) is 52.9 Å². The van der Waals surface area contributed by atoms with Gasteiger partial charge in [-0.05, 0) is 12.3 Å². The van der Waals surface area contributed by atoms with Gasteiger partial charge in [0.05, 0.1) is 12.7 Å².